The number of hydrogen-bond acceptors (Lipinski definition) is 0. The van der Waals surface area contributed by atoms with Crippen molar-refractivity contribution in [2.24, 2.45) is 0 Å². The molecule has 0 aliphatic heterocycles. The SMILES string of the molecule is CCc1cc2c(c(CC)c1CC)Cc1c(CC)c(CC)c(CC)c(CC)c1-2. The highest BCUT2D eigenvalue weighted by Gasteiger charge is 2.30. The average molecular weight is 363 g/mol. The molecule has 0 bridgehead atoms. The van der Waals surface area contributed by atoms with E-state index in [4.69, 9.17) is 0 Å². The molecule has 0 heteroatoms. The van der Waals surface area contributed by atoms with Crippen molar-refractivity contribution in [1.29, 1.82) is 0 Å². The topological polar surface area (TPSA) is 0 Å². The molecule has 0 atom stereocenters. The summed E-state index contributed by atoms with van der Waals surface area (Å²) in [7, 11) is 0. The van der Waals surface area contributed by atoms with Gasteiger partial charge in [0.2, 0.25) is 0 Å². The fourth-order valence-corrected chi connectivity index (χ4v) is 5.89. The second kappa shape index (κ2) is 8.21. The molecule has 1 aliphatic rings. The van der Waals surface area contributed by atoms with Gasteiger partial charge in [-0.15, -0.1) is 0 Å². The van der Waals surface area contributed by atoms with Crippen LogP contribution in [0.15, 0.2) is 6.07 Å². The van der Waals surface area contributed by atoms with E-state index in [0.717, 1.165) is 38.5 Å². The van der Waals surface area contributed by atoms with E-state index in [9.17, 15) is 0 Å². The van der Waals surface area contributed by atoms with Gasteiger partial charge in [-0.2, -0.15) is 0 Å². The fraction of sp³-hybridized carbons (Fsp3) is 0.556. The lowest BCUT2D eigenvalue weighted by molar-refractivity contribution is 0.929. The van der Waals surface area contributed by atoms with Crippen LogP contribution in [-0.2, 0) is 51.4 Å². The van der Waals surface area contributed by atoms with Crippen LogP contribution in [0.5, 0.6) is 0 Å². The zero-order valence-corrected chi connectivity index (χ0v) is 18.7. The van der Waals surface area contributed by atoms with Gasteiger partial charge in [0, 0.05) is 0 Å². The Morgan fingerprint density at radius 2 is 1.00 bits per heavy atom. The Morgan fingerprint density at radius 1 is 0.519 bits per heavy atom. The first kappa shape index (κ1) is 20.2. The molecule has 146 valence electrons. The van der Waals surface area contributed by atoms with Gasteiger partial charge in [-0.25, -0.2) is 0 Å². The van der Waals surface area contributed by atoms with E-state index in [1.54, 1.807) is 61.2 Å². The molecule has 0 spiro atoms. The normalized spacial score (nSPS) is 12.4. The summed E-state index contributed by atoms with van der Waals surface area (Å²) in [4.78, 5) is 0. The number of aryl methyl sites for hydroxylation is 1. The minimum atomic E-state index is 1.15. The number of benzene rings is 2. The quantitative estimate of drug-likeness (QED) is 0.417. The summed E-state index contributed by atoms with van der Waals surface area (Å²) in [6.07, 6.45) is 9.29. The summed E-state index contributed by atoms with van der Waals surface area (Å²) < 4.78 is 0. The lowest BCUT2D eigenvalue weighted by Crippen LogP contribution is -2.07. The summed E-state index contributed by atoms with van der Waals surface area (Å²) in [5.41, 5.74) is 18.0. The second-order valence-corrected chi connectivity index (χ2v) is 7.94. The van der Waals surface area contributed by atoms with Crippen LogP contribution < -0.4 is 0 Å². The van der Waals surface area contributed by atoms with E-state index in [1.807, 2.05) is 0 Å². The maximum absolute atomic E-state index is 2.57. The van der Waals surface area contributed by atoms with Crippen LogP contribution in [0.3, 0.4) is 0 Å². The van der Waals surface area contributed by atoms with Crippen LogP contribution >= 0.6 is 0 Å². The first-order valence-electron chi connectivity index (χ1n) is 11.5. The number of hydrogen-bond donors (Lipinski definition) is 0. The van der Waals surface area contributed by atoms with Crippen LogP contribution in [0, 0.1) is 0 Å². The second-order valence-electron chi connectivity index (χ2n) is 7.94. The smallest absolute Gasteiger partial charge is 0.000767 e. The molecule has 0 heterocycles. The van der Waals surface area contributed by atoms with E-state index in [0.29, 0.717) is 0 Å². The van der Waals surface area contributed by atoms with Crippen LogP contribution in [-0.4, -0.2) is 0 Å². The molecule has 2 aromatic rings. The van der Waals surface area contributed by atoms with Crippen molar-refractivity contribution in [2.75, 3.05) is 0 Å². The first-order valence-corrected chi connectivity index (χ1v) is 11.5. The molecule has 0 nitrogen and oxygen atoms in total. The molecule has 0 unspecified atom stereocenters. The largest absolute Gasteiger partial charge is 0.0613 e. The van der Waals surface area contributed by atoms with Gasteiger partial charge < -0.3 is 0 Å². The predicted octanol–water partition coefficient (Wildman–Crippen LogP) is 7.19. The van der Waals surface area contributed by atoms with Crippen molar-refractivity contribution in [1.82, 2.24) is 0 Å². The minimum absolute atomic E-state index is 1.15. The third kappa shape index (κ3) is 2.96. The van der Waals surface area contributed by atoms with Crippen molar-refractivity contribution < 1.29 is 0 Å². The van der Waals surface area contributed by atoms with Gasteiger partial charge in [0.1, 0.15) is 0 Å². The van der Waals surface area contributed by atoms with Crippen molar-refractivity contribution in [2.45, 2.75) is 99.8 Å². The minimum Gasteiger partial charge on any atom is -0.0613 e. The van der Waals surface area contributed by atoms with E-state index in [1.165, 1.54) is 12.8 Å². The average Bonchev–Trinajstić information content (AvgIpc) is 3.08. The van der Waals surface area contributed by atoms with Crippen LogP contribution in [0.4, 0.5) is 0 Å². The molecule has 0 saturated carbocycles. The van der Waals surface area contributed by atoms with Gasteiger partial charge in [0.25, 0.3) is 0 Å². The first-order chi connectivity index (χ1) is 13.1. The van der Waals surface area contributed by atoms with Crippen LogP contribution in [0.1, 0.15) is 98.5 Å². The standard InChI is InChI=1S/C27H38/c1-8-17-15-25-24(19(10-3)18(17)9-2)16-26-22(13-6)20(11-4)21(12-5)23(14-7)27(25)26/h15H,8-14,16H2,1-7H3. The van der Waals surface area contributed by atoms with Crippen LogP contribution in [0.2, 0.25) is 0 Å². The molecule has 3 rings (SSSR count). The molecule has 27 heavy (non-hydrogen) atoms. The summed E-state index contributed by atoms with van der Waals surface area (Å²) in [6.45, 7) is 16.4. The lowest BCUT2D eigenvalue weighted by atomic mass is 9.82. The van der Waals surface area contributed by atoms with Crippen molar-refractivity contribution >= 4 is 0 Å². The number of rotatable bonds is 7. The molecule has 0 fully saturated rings. The summed E-state index contributed by atoms with van der Waals surface area (Å²) in [5, 5.41) is 0. The van der Waals surface area contributed by atoms with Crippen molar-refractivity contribution in [3.63, 3.8) is 0 Å². The number of fused-ring (bicyclic) bond motifs is 3. The van der Waals surface area contributed by atoms with E-state index in [-0.39, 0.29) is 0 Å². The molecule has 0 saturated heterocycles. The Labute approximate surface area is 167 Å². The highest BCUT2D eigenvalue weighted by atomic mass is 14.3. The maximum atomic E-state index is 2.57. The van der Waals surface area contributed by atoms with Gasteiger partial charge in [-0.3, -0.25) is 0 Å². The molecular weight excluding hydrogens is 324 g/mol. The van der Waals surface area contributed by atoms with Gasteiger partial charge >= 0.3 is 0 Å². The Hall–Kier alpha value is -1.56. The van der Waals surface area contributed by atoms with E-state index in [2.05, 4.69) is 54.5 Å². The van der Waals surface area contributed by atoms with Crippen LogP contribution in [0.25, 0.3) is 11.1 Å². The summed E-state index contributed by atoms with van der Waals surface area (Å²) in [6, 6.07) is 2.57. The van der Waals surface area contributed by atoms with E-state index < -0.39 is 0 Å². The predicted molar refractivity (Wildman–Crippen MR) is 120 cm³/mol. The third-order valence-electron chi connectivity index (χ3n) is 6.95. The molecule has 1 aliphatic carbocycles. The fourth-order valence-electron chi connectivity index (χ4n) is 5.89. The Kier molecular flexibility index (Phi) is 6.14. The molecule has 0 aromatic heterocycles. The molecule has 2 aromatic carbocycles. The van der Waals surface area contributed by atoms with E-state index >= 15 is 0 Å². The molecule has 0 radical (unpaired) electrons. The highest BCUT2D eigenvalue weighted by molar-refractivity contribution is 5.85. The lowest BCUT2D eigenvalue weighted by Gasteiger charge is -2.22. The Morgan fingerprint density at radius 3 is 1.48 bits per heavy atom. The van der Waals surface area contributed by atoms with Gasteiger partial charge in [-0.05, 0) is 113 Å². The summed E-state index contributed by atoms with van der Waals surface area (Å²) in [5.74, 6) is 0. The summed E-state index contributed by atoms with van der Waals surface area (Å²) >= 11 is 0. The van der Waals surface area contributed by atoms with Gasteiger partial charge in [0.05, 0.1) is 0 Å². The van der Waals surface area contributed by atoms with Gasteiger partial charge in [0.15, 0.2) is 0 Å². The van der Waals surface area contributed by atoms with Gasteiger partial charge in [-0.1, -0.05) is 54.5 Å². The Balaban J connectivity index is 2.44. The van der Waals surface area contributed by atoms with Crippen molar-refractivity contribution in [3.8, 4) is 11.1 Å². The maximum Gasteiger partial charge on any atom is -0.000767 e. The molecule has 0 N–H and O–H groups in total. The zero-order valence-electron chi connectivity index (χ0n) is 18.7. The third-order valence-corrected chi connectivity index (χ3v) is 6.95. The molecule has 0 amide bonds. The highest BCUT2D eigenvalue weighted by Crippen LogP contribution is 2.47. The monoisotopic (exact) mass is 362 g/mol. The Bertz CT molecular complexity index is 852. The zero-order chi connectivity index (χ0) is 19.7. The van der Waals surface area contributed by atoms with Crippen molar-refractivity contribution in [3.05, 3.63) is 56.1 Å². The molecular formula is C27H38.